The van der Waals surface area contributed by atoms with Crippen molar-refractivity contribution < 1.29 is 27.4 Å². The smallest absolute Gasteiger partial charge is 0.335 e. The molecule has 1 aromatic carbocycles. The minimum absolute atomic E-state index is 0.178. The molecule has 1 N–H and O–H groups in total. The molecule has 0 aliphatic rings. The third kappa shape index (κ3) is 3.57. The van der Waals surface area contributed by atoms with E-state index in [0.717, 1.165) is 18.2 Å². The van der Waals surface area contributed by atoms with Crippen molar-refractivity contribution in [2.24, 2.45) is 0 Å². The van der Waals surface area contributed by atoms with Crippen molar-refractivity contribution in [2.75, 3.05) is 13.3 Å². The van der Waals surface area contributed by atoms with E-state index in [9.17, 15) is 17.6 Å². The molecule has 0 aliphatic carbocycles. The summed E-state index contributed by atoms with van der Waals surface area (Å²) in [7, 11) is 0.966. The summed E-state index contributed by atoms with van der Waals surface area (Å²) in [6.45, 7) is -1.14. The number of halogens is 2. The highest BCUT2D eigenvalue weighted by Gasteiger charge is 2.19. The van der Waals surface area contributed by atoms with Gasteiger partial charge in [-0.15, -0.1) is 0 Å². The molecule has 0 aromatic heterocycles. The van der Waals surface area contributed by atoms with Gasteiger partial charge in [0.05, 0.1) is 5.56 Å². The van der Waals surface area contributed by atoms with Crippen molar-refractivity contribution in [2.45, 2.75) is 4.90 Å². The summed E-state index contributed by atoms with van der Waals surface area (Å²) >= 11 is 0. The molecule has 0 radical (unpaired) electrons. The van der Waals surface area contributed by atoms with Crippen molar-refractivity contribution in [1.82, 2.24) is 0 Å². The molecular weight excluding hydrogens is 275 g/mol. The van der Waals surface area contributed by atoms with E-state index in [-0.39, 0.29) is 17.9 Å². The Hall–Kier alpha value is -1.34. The highest BCUT2D eigenvalue weighted by atomic mass is 35.7. The number of benzene rings is 1. The van der Waals surface area contributed by atoms with Crippen LogP contribution in [0.1, 0.15) is 10.4 Å². The quantitative estimate of drug-likeness (QED) is 0.831. The van der Waals surface area contributed by atoms with Crippen LogP contribution < -0.4 is 4.74 Å². The lowest BCUT2D eigenvalue weighted by atomic mass is 10.2. The fraction of sp³-hybridized carbons (Fsp3) is 0.222. The average molecular weight is 283 g/mol. The lowest BCUT2D eigenvalue weighted by molar-refractivity contribution is 0.0696. The van der Waals surface area contributed by atoms with Gasteiger partial charge in [-0.05, 0) is 18.2 Å². The number of ether oxygens (including phenoxy) is 1. The zero-order chi connectivity index (χ0) is 13.1. The maximum atomic E-state index is 11.9. The average Bonchev–Trinajstić information content (AvgIpc) is 2.24. The van der Waals surface area contributed by atoms with Crippen LogP contribution in [0.25, 0.3) is 0 Å². The standard InChI is InChI=1S/C9H8ClFO5S/c10-17(14,15)8-5-6(9(12)13)1-2-7(8)16-4-3-11/h1-2,5H,3-4H2,(H,12,13). The number of hydrogen-bond acceptors (Lipinski definition) is 4. The first kappa shape index (κ1) is 13.7. The molecule has 17 heavy (non-hydrogen) atoms. The summed E-state index contributed by atoms with van der Waals surface area (Å²) in [6, 6.07) is 3.12. The third-order valence-electron chi connectivity index (χ3n) is 1.79. The summed E-state index contributed by atoms with van der Waals surface area (Å²) in [5, 5.41) is 8.70. The molecule has 0 spiro atoms. The van der Waals surface area contributed by atoms with Crippen molar-refractivity contribution in [1.29, 1.82) is 0 Å². The zero-order valence-electron chi connectivity index (χ0n) is 8.39. The molecule has 0 unspecified atom stereocenters. The molecular formula is C9H8ClFO5S. The van der Waals surface area contributed by atoms with Crippen LogP contribution in [0.15, 0.2) is 23.1 Å². The molecule has 1 aromatic rings. The Kier molecular flexibility index (Phi) is 4.30. The van der Waals surface area contributed by atoms with Gasteiger partial charge in [-0.25, -0.2) is 17.6 Å². The van der Waals surface area contributed by atoms with Crippen LogP contribution in [0.4, 0.5) is 4.39 Å². The lowest BCUT2D eigenvalue weighted by Crippen LogP contribution is -2.05. The first-order valence-corrected chi connectivity index (χ1v) is 6.68. The Morgan fingerprint density at radius 2 is 2.12 bits per heavy atom. The first-order chi connectivity index (χ1) is 7.86. The van der Waals surface area contributed by atoms with Crippen LogP contribution in [-0.2, 0) is 9.05 Å². The molecule has 0 amide bonds. The minimum Gasteiger partial charge on any atom is -0.489 e. The summed E-state index contributed by atoms with van der Waals surface area (Å²) in [5.74, 6) is -1.48. The van der Waals surface area contributed by atoms with E-state index >= 15 is 0 Å². The predicted octanol–water partition coefficient (Wildman–Crippen LogP) is 1.66. The molecule has 0 fully saturated rings. The Labute approximate surface area is 101 Å². The Morgan fingerprint density at radius 3 is 2.59 bits per heavy atom. The molecule has 5 nitrogen and oxygen atoms in total. The summed E-state index contributed by atoms with van der Waals surface area (Å²) in [5.41, 5.74) is -0.253. The van der Waals surface area contributed by atoms with Gasteiger partial charge in [0.2, 0.25) is 0 Å². The molecule has 0 heterocycles. The van der Waals surface area contributed by atoms with Crippen molar-refractivity contribution in [3.05, 3.63) is 23.8 Å². The number of aromatic carboxylic acids is 1. The normalized spacial score (nSPS) is 11.2. The van der Waals surface area contributed by atoms with E-state index in [1.807, 2.05) is 0 Å². The van der Waals surface area contributed by atoms with E-state index in [0.29, 0.717) is 0 Å². The van der Waals surface area contributed by atoms with Crippen LogP contribution >= 0.6 is 10.7 Å². The molecule has 94 valence electrons. The number of carboxylic acid groups (broad SMARTS) is 1. The molecule has 1 rings (SSSR count). The van der Waals surface area contributed by atoms with Gasteiger partial charge in [-0.3, -0.25) is 0 Å². The van der Waals surface area contributed by atoms with Crippen molar-refractivity contribution in [3.8, 4) is 5.75 Å². The number of carbonyl (C=O) groups is 1. The molecule has 0 saturated carbocycles. The fourth-order valence-electron chi connectivity index (χ4n) is 1.10. The largest absolute Gasteiger partial charge is 0.489 e. The number of alkyl halides is 1. The molecule has 0 saturated heterocycles. The SMILES string of the molecule is O=C(O)c1ccc(OCCF)c(S(=O)(=O)Cl)c1. The molecule has 0 bridgehead atoms. The molecule has 8 heteroatoms. The van der Waals surface area contributed by atoms with E-state index in [4.69, 9.17) is 20.5 Å². The second-order valence-corrected chi connectivity index (χ2v) is 5.48. The summed E-state index contributed by atoms with van der Waals surface area (Å²) in [4.78, 5) is 10.2. The highest BCUT2D eigenvalue weighted by molar-refractivity contribution is 8.13. The second kappa shape index (κ2) is 5.33. The van der Waals surface area contributed by atoms with Gasteiger partial charge in [0, 0.05) is 10.7 Å². The van der Waals surface area contributed by atoms with Gasteiger partial charge >= 0.3 is 5.97 Å². The highest BCUT2D eigenvalue weighted by Crippen LogP contribution is 2.28. The lowest BCUT2D eigenvalue weighted by Gasteiger charge is -2.08. The van der Waals surface area contributed by atoms with Crippen LogP contribution in [0.3, 0.4) is 0 Å². The van der Waals surface area contributed by atoms with Crippen LogP contribution in [0.5, 0.6) is 5.75 Å². The fourth-order valence-corrected chi connectivity index (χ4v) is 2.10. The Morgan fingerprint density at radius 1 is 1.47 bits per heavy atom. The first-order valence-electron chi connectivity index (χ1n) is 4.37. The van der Waals surface area contributed by atoms with Gasteiger partial charge in [0.1, 0.15) is 23.9 Å². The van der Waals surface area contributed by atoms with E-state index < -0.39 is 26.6 Å². The van der Waals surface area contributed by atoms with Gasteiger partial charge in [0.25, 0.3) is 9.05 Å². The summed E-state index contributed by atoms with van der Waals surface area (Å²) < 4.78 is 39.1. The monoisotopic (exact) mass is 282 g/mol. The Balaban J connectivity index is 3.27. The second-order valence-electron chi connectivity index (χ2n) is 2.94. The molecule has 0 atom stereocenters. The summed E-state index contributed by atoms with van der Waals surface area (Å²) in [6.07, 6.45) is 0. The maximum Gasteiger partial charge on any atom is 0.335 e. The predicted molar refractivity (Wildman–Crippen MR) is 57.9 cm³/mol. The van der Waals surface area contributed by atoms with Crippen molar-refractivity contribution >= 4 is 25.7 Å². The molecule has 0 aliphatic heterocycles. The van der Waals surface area contributed by atoms with Gasteiger partial charge < -0.3 is 9.84 Å². The zero-order valence-corrected chi connectivity index (χ0v) is 9.96. The topological polar surface area (TPSA) is 80.7 Å². The van der Waals surface area contributed by atoms with Crippen LogP contribution in [0, 0.1) is 0 Å². The third-order valence-corrected chi connectivity index (χ3v) is 3.13. The number of hydrogen-bond donors (Lipinski definition) is 1. The van der Waals surface area contributed by atoms with Gasteiger partial charge in [-0.1, -0.05) is 0 Å². The van der Waals surface area contributed by atoms with Crippen molar-refractivity contribution in [3.63, 3.8) is 0 Å². The van der Waals surface area contributed by atoms with Crippen LogP contribution in [-0.4, -0.2) is 32.8 Å². The number of carboxylic acids is 1. The van der Waals surface area contributed by atoms with E-state index in [1.165, 1.54) is 0 Å². The number of rotatable bonds is 5. The van der Waals surface area contributed by atoms with Crippen LogP contribution in [0.2, 0.25) is 0 Å². The van der Waals surface area contributed by atoms with Gasteiger partial charge in [-0.2, -0.15) is 0 Å². The van der Waals surface area contributed by atoms with E-state index in [2.05, 4.69) is 0 Å². The van der Waals surface area contributed by atoms with Gasteiger partial charge in [0.15, 0.2) is 0 Å². The Bertz CT molecular complexity index is 528. The maximum absolute atomic E-state index is 11.9. The van der Waals surface area contributed by atoms with E-state index in [1.54, 1.807) is 0 Å². The minimum atomic E-state index is -4.16.